The van der Waals surface area contributed by atoms with Gasteiger partial charge in [0, 0.05) is 11.4 Å². The van der Waals surface area contributed by atoms with Crippen LogP contribution in [0.2, 0.25) is 4.34 Å². The molecule has 2 aromatic rings. The number of alkyl halides is 3. The van der Waals surface area contributed by atoms with Crippen molar-refractivity contribution in [2.45, 2.75) is 10.4 Å². The van der Waals surface area contributed by atoms with Gasteiger partial charge in [-0.05, 0) is 36.4 Å². The molecule has 1 aromatic carbocycles. The highest BCUT2D eigenvalue weighted by Crippen LogP contribution is 2.27. The van der Waals surface area contributed by atoms with Crippen LogP contribution in [-0.2, 0) is 14.8 Å². The number of amides is 1. The Morgan fingerprint density at radius 2 is 1.61 bits per heavy atom. The van der Waals surface area contributed by atoms with Crippen LogP contribution in [0.4, 0.5) is 24.5 Å². The van der Waals surface area contributed by atoms with Crippen molar-refractivity contribution in [3.8, 4) is 0 Å². The molecule has 0 saturated heterocycles. The van der Waals surface area contributed by atoms with E-state index in [0.29, 0.717) is 4.34 Å². The zero-order chi connectivity index (χ0) is 17.3. The fourth-order valence-corrected chi connectivity index (χ4v) is 4.01. The summed E-state index contributed by atoms with van der Waals surface area (Å²) in [6.07, 6.45) is -5.00. The van der Waals surface area contributed by atoms with E-state index in [1.165, 1.54) is 24.3 Å². The molecule has 1 aromatic heterocycles. The molecule has 11 heteroatoms. The summed E-state index contributed by atoms with van der Waals surface area (Å²) in [6.45, 7) is 0. The zero-order valence-corrected chi connectivity index (χ0v) is 13.4. The number of sulfonamides is 1. The number of rotatable bonds is 4. The van der Waals surface area contributed by atoms with Gasteiger partial charge in [0.05, 0.1) is 4.34 Å². The highest BCUT2D eigenvalue weighted by Gasteiger charge is 2.38. The Morgan fingerprint density at radius 1 is 1.04 bits per heavy atom. The minimum absolute atomic E-state index is 0.00282. The first-order chi connectivity index (χ1) is 10.6. The first kappa shape index (κ1) is 17.6. The maximum atomic E-state index is 12.1. The summed E-state index contributed by atoms with van der Waals surface area (Å²) in [5.74, 6) is -2.11. The van der Waals surface area contributed by atoms with Gasteiger partial charge in [0.15, 0.2) is 0 Å². The van der Waals surface area contributed by atoms with E-state index in [1.807, 2.05) is 0 Å². The molecule has 1 amide bonds. The van der Waals surface area contributed by atoms with Crippen molar-refractivity contribution in [2.24, 2.45) is 0 Å². The molecular formula is C12H8ClF3N2O3S2. The van der Waals surface area contributed by atoms with Gasteiger partial charge in [-0.15, -0.1) is 11.3 Å². The lowest BCUT2D eigenvalue weighted by Gasteiger charge is -2.09. The molecule has 0 aliphatic carbocycles. The number of anilines is 2. The van der Waals surface area contributed by atoms with E-state index in [4.69, 9.17) is 11.6 Å². The van der Waals surface area contributed by atoms with Crippen LogP contribution in [0.5, 0.6) is 0 Å². The van der Waals surface area contributed by atoms with Crippen molar-refractivity contribution in [3.63, 3.8) is 0 Å². The number of benzene rings is 1. The minimum atomic E-state index is -5.00. The molecule has 124 valence electrons. The summed E-state index contributed by atoms with van der Waals surface area (Å²) >= 11 is 6.53. The topological polar surface area (TPSA) is 75.3 Å². The van der Waals surface area contributed by atoms with Gasteiger partial charge in [0.1, 0.15) is 4.21 Å². The standard InChI is InChI=1S/C12H8ClF3N2O3S2/c13-9-5-6-10(22-9)23(20,21)18-8-3-1-7(2-4-8)17-11(19)12(14,15)16/h1-6,18H,(H,17,19). The lowest BCUT2D eigenvalue weighted by atomic mass is 10.3. The van der Waals surface area contributed by atoms with Crippen LogP contribution in [0.3, 0.4) is 0 Å². The molecule has 23 heavy (non-hydrogen) atoms. The van der Waals surface area contributed by atoms with E-state index >= 15 is 0 Å². The molecule has 5 nitrogen and oxygen atoms in total. The van der Waals surface area contributed by atoms with Gasteiger partial charge in [-0.2, -0.15) is 13.2 Å². The van der Waals surface area contributed by atoms with Crippen molar-refractivity contribution >= 4 is 50.2 Å². The lowest BCUT2D eigenvalue weighted by molar-refractivity contribution is -0.167. The van der Waals surface area contributed by atoms with E-state index in [9.17, 15) is 26.4 Å². The molecule has 1 heterocycles. The second kappa shape index (κ2) is 6.38. The Labute approximate surface area is 138 Å². The van der Waals surface area contributed by atoms with Crippen molar-refractivity contribution < 1.29 is 26.4 Å². The molecule has 0 atom stereocenters. The summed E-state index contributed by atoms with van der Waals surface area (Å²) in [7, 11) is -3.83. The smallest absolute Gasteiger partial charge is 0.318 e. The van der Waals surface area contributed by atoms with Crippen LogP contribution in [-0.4, -0.2) is 20.5 Å². The first-order valence-corrected chi connectivity index (χ1v) is 8.52. The third-order valence-corrected chi connectivity index (χ3v) is 5.57. The van der Waals surface area contributed by atoms with Crippen molar-refractivity contribution in [1.29, 1.82) is 0 Å². The molecule has 0 fully saturated rings. The molecular weight excluding hydrogens is 377 g/mol. The van der Waals surface area contributed by atoms with Gasteiger partial charge in [0.2, 0.25) is 0 Å². The number of carbonyl (C=O) groups excluding carboxylic acids is 1. The normalized spacial score (nSPS) is 12.0. The first-order valence-electron chi connectivity index (χ1n) is 5.84. The summed E-state index contributed by atoms with van der Waals surface area (Å²) in [5.41, 5.74) is 0.00831. The van der Waals surface area contributed by atoms with Gasteiger partial charge in [-0.25, -0.2) is 8.42 Å². The number of hydrogen-bond acceptors (Lipinski definition) is 4. The van der Waals surface area contributed by atoms with Gasteiger partial charge in [-0.3, -0.25) is 9.52 Å². The average Bonchev–Trinajstić information content (AvgIpc) is 2.87. The van der Waals surface area contributed by atoms with Gasteiger partial charge < -0.3 is 5.32 Å². The van der Waals surface area contributed by atoms with Crippen LogP contribution in [0.1, 0.15) is 0 Å². The highest BCUT2D eigenvalue weighted by atomic mass is 35.5. The number of thiophene rings is 1. The third kappa shape index (κ3) is 4.60. The SMILES string of the molecule is O=C(Nc1ccc(NS(=O)(=O)c2ccc(Cl)s2)cc1)C(F)(F)F. The Balaban J connectivity index is 2.10. The molecule has 0 unspecified atom stereocenters. The van der Waals surface area contributed by atoms with E-state index in [1.54, 1.807) is 5.32 Å². The molecule has 0 aliphatic heterocycles. The second-order valence-electron chi connectivity index (χ2n) is 4.19. The van der Waals surface area contributed by atoms with Crippen molar-refractivity contribution in [3.05, 3.63) is 40.7 Å². The summed E-state index contributed by atoms with van der Waals surface area (Å²) in [4.78, 5) is 10.8. The van der Waals surface area contributed by atoms with Gasteiger partial charge in [0.25, 0.3) is 10.0 Å². The van der Waals surface area contributed by atoms with E-state index in [0.717, 1.165) is 23.5 Å². The molecule has 0 radical (unpaired) electrons. The van der Waals surface area contributed by atoms with Crippen LogP contribution in [0.25, 0.3) is 0 Å². The Hall–Kier alpha value is -1.78. The quantitative estimate of drug-likeness (QED) is 0.843. The third-order valence-electron chi connectivity index (χ3n) is 2.47. The number of carbonyl (C=O) groups is 1. The Bertz CT molecular complexity index is 817. The van der Waals surface area contributed by atoms with E-state index in [2.05, 4.69) is 4.72 Å². The fourth-order valence-electron chi connectivity index (χ4n) is 1.47. The average molecular weight is 385 g/mol. The van der Waals surface area contributed by atoms with Crippen LogP contribution < -0.4 is 10.0 Å². The minimum Gasteiger partial charge on any atom is -0.318 e. The zero-order valence-electron chi connectivity index (χ0n) is 11.0. The monoisotopic (exact) mass is 384 g/mol. The molecule has 0 bridgehead atoms. The summed E-state index contributed by atoms with van der Waals surface area (Å²) in [6, 6.07) is 7.48. The van der Waals surface area contributed by atoms with Crippen molar-refractivity contribution in [2.75, 3.05) is 10.0 Å². The Morgan fingerprint density at radius 3 is 2.09 bits per heavy atom. The van der Waals surface area contributed by atoms with E-state index < -0.39 is 22.1 Å². The van der Waals surface area contributed by atoms with Gasteiger partial charge >= 0.3 is 12.1 Å². The predicted octanol–water partition coefficient (Wildman–Crippen LogP) is 3.70. The molecule has 0 saturated carbocycles. The summed E-state index contributed by atoms with van der Waals surface area (Å²) < 4.78 is 62.9. The molecule has 0 aliphatic rings. The number of nitrogens with one attached hydrogen (secondary N) is 2. The highest BCUT2D eigenvalue weighted by molar-refractivity contribution is 7.94. The molecule has 0 spiro atoms. The maximum absolute atomic E-state index is 12.1. The number of halogens is 4. The second-order valence-corrected chi connectivity index (χ2v) is 7.82. The predicted molar refractivity (Wildman–Crippen MR) is 81.3 cm³/mol. The largest absolute Gasteiger partial charge is 0.471 e. The van der Waals surface area contributed by atoms with Crippen molar-refractivity contribution in [1.82, 2.24) is 0 Å². The van der Waals surface area contributed by atoms with Crippen LogP contribution >= 0.6 is 22.9 Å². The lowest BCUT2D eigenvalue weighted by Crippen LogP contribution is -2.29. The van der Waals surface area contributed by atoms with Crippen LogP contribution in [0.15, 0.2) is 40.6 Å². The number of hydrogen-bond donors (Lipinski definition) is 2. The summed E-state index contributed by atoms with van der Waals surface area (Å²) in [5, 5.41) is 1.65. The van der Waals surface area contributed by atoms with Gasteiger partial charge in [-0.1, -0.05) is 11.6 Å². The Kier molecular flexibility index (Phi) is 4.87. The maximum Gasteiger partial charge on any atom is 0.471 e. The molecule has 2 rings (SSSR count). The molecule has 2 N–H and O–H groups in total. The van der Waals surface area contributed by atoms with Crippen LogP contribution in [0, 0.1) is 0 Å². The fraction of sp³-hybridized carbons (Fsp3) is 0.0833. The van der Waals surface area contributed by atoms with E-state index in [-0.39, 0.29) is 15.6 Å².